The quantitative estimate of drug-likeness (QED) is 0.521. The van der Waals surface area contributed by atoms with Crippen molar-refractivity contribution >= 4 is 0 Å². The molecule has 0 saturated carbocycles. The molecule has 8 heteroatoms. The van der Waals surface area contributed by atoms with Gasteiger partial charge < -0.3 is 18.2 Å². The summed E-state index contributed by atoms with van der Waals surface area (Å²) >= 11 is 0. The van der Waals surface area contributed by atoms with Crippen LogP contribution in [0, 0.1) is 0 Å². The van der Waals surface area contributed by atoms with E-state index in [1.807, 2.05) is 35.0 Å². The zero-order chi connectivity index (χ0) is 18.8. The summed E-state index contributed by atoms with van der Waals surface area (Å²) in [6.07, 6.45) is 10.3. The zero-order valence-corrected chi connectivity index (χ0v) is 15.2. The molecule has 0 spiro atoms. The first-order valence-corrected chi connectivity index (χ1v) is 9.32. The molecule has 1 aliphatic rings. The Hall–Kier alpha value is -3.26. The van der Waals surface area contributed by atoms with Crippen LogP contribution in [0.5, 0.6) is 0 Å². The predicted molar refractivity (Wildman–Crippen MR) is 99.1 cm³/mol. The minimum atomic E-state index is 0.0314. The van der Waals surface area contributed by atoms with Crippen molar-refractivity contribution in [3.8, 4) is 23.0 Å². The highest BCUT2D eigenvalue weighted by Gasteiger charge is 2.21. The van der Waals surface area contributed by atoms with E-state index in [9.17, 15) is 0 Å². The number of pyridine rings is 1. The zero-order valence-electron chi connectivity index (χ0n) is 15.2. The molecule has 5 heterocycles. The van der Waals surface area contributed by atoms with Crippen LogP contribution in [0.3, 0.4) is 0 Å². The van der Waals surface area contributed by atoms with E-state index >= 15 is 0 Å². The van der Waals surface area contributed by atoms with Gasteiger partial charge in [0.1, 0.15) is 18.4 Å². The average molecular weight is 377 g/mol. The molecule has 1 saturated heterocycles. The molecule has 8 nitrogen and oxygen atoms in total. The molecule has 0 radical (unpaired) electrons. The molecule has 1 aliphatic heterocycles. The number of rotatable bonds is 5. The van der Waals surface area contributed by atoms with E-state index in [1.165, 1.54) is 0 Å². The Balaban J connectivity index is 1.36. The first-order chi connectivity index (χ1) is 13.9. The Bertz CT molecular complexity index is 1050. The first kappa shape index (κ1) is 16.9. The summed E-state index contributed by atoms with van der Waals surface area (Å²) < 4.78 is 19.2. The minimum Gasteiger partial charge on any atom is -0.455 e. The van der Waals surface area contributed by atoms with E-state index in [1.54, 1.807) is 18.6 Å². The average Bonchev–Trinajstić information content (AvgIpc) is 3.50. The maximum absolute atomic E-state index is 6.04. The highest BCUT2D eigenvalue weighted by Crippen LogP contribution is 2.31. The van der Waals surface area contributed by atoms with Crippen molar-refractivity contribution in [1.29, 1.82) is 0 Å². The molecular formula is C20H19N5O3. The van der Waals surface area contributed by atoms with Crippen LogP contribution in [-0.4, -0.2) is 31.3 Å². The van der Waals surface area contributed by atoms with Crippen molar-refractivity contribution in [2.75, 3.05) is 6.61 Å². The number of nitrogens with zero attached hydrogens (tertiary/aromatic N) is 5. The van der Waals surface area contributed by atoms with Gasteiger partial charge in [-0.25, -0.2) is 4.98 Å². The maximum atomic E-state index is 6.04. The largest absolute Gasteiger partial charge is 0.455 e. The number of furan rings is 1. The number of imidazole rings is 1. The van der Waals surface area contributed by atoms with Crippen LogP contribution in [0.25, 0.3) is 23.0 Å². The highest BCUT2D eigenvalue weighted by atomic mass is 16.5. The Morgan fingerprint density at radius 1 is 1.14 bits per heavy atom. The smallest absolute Gasteiger partial charge is 0.246 e. The van der Waals surface area contributed by atoms with Crippen molar-refractivity contribution in [3.05, 3.63) is 60.7 Å². The lowest BCUT2D eigenvalue weighted by Gasteiger charge is -2.20. The van der Waals surface area contributed by atoms with Crippen LogP contribution >= 0.6 is 0 Å². The molecule has 0 amide bonds. The summed E-state index contributed by atoms with van der Waals surface area (Å²) in [7, 11) is 0. The van der Waals surface area contributed by atoms with Crippen molar-refractivity contribution < 1.29 is 13.7 Å². The van der Waals surface area contributed by atoms with Gasteiger partial charge in [0.05, 0.1) is 0 Å². The fraction of sp³-hybridized carbons (Fsp3) is 0.300. The second-order valence-corrected chi connectivity index (χ2v) is 6.69. The SMILES string of the molecule is c1cncc(-c2noc(Cn3ccnc3-c3ccc([C@@H]4CCCCO4)o3)n2)c1. The Morgan fingerprint density at radius 2 is 2.14 bits per heavy atom. The molecule has 28 heavy (non-hydrogen) atoms. The molecule has 0 N–H and O–H groups in total. The first-order valence-electron chi connectivity index (χ1n) is 9.32. The molecule has 142 valence electrons. The van der Waals surface area contributed by atoms with Crippen LogP contribution in [0.2, 0.25) is 0 Å². The van der Waals surface area contributed by atoms with Crippen molar-refractivity contribution in [2.24, 2.45) is 0 Å². The fourth-order valence-corrected chi connectivity index (χ4v) is 3.35. The summed E-state index contributed by atoms with van der Waals surface area (Å²) in [6, 6.07) is 7.63. The normalized spacial score (nSPS) is 17.1. The van der Waals surface area contributed by atoms with Gasteiger partial charge in [-0.3, -0.25) is 4.98 Å². The van der Waals surface area contributed by atoms with Gasteiger partial charge in [0.2, 0.25) is 11.7 Å². The Morgan fingerprint density at radius 3 is 3.00 bits per heavy atom. The van der Waals surface area contributed by atoms with Crippen LogP contribution < -0.4 is 0 Å². The molecule has 5 rings (SSSR count). The van der Waals surface area contributed by atoms with Gasteiger partial charge >= 0.3 is 0 Å². The highest BCUT2D eigenvalue weighted by molar-refractivity contribution is 5.52. The summed E-state index contributed by atoms with van der Waals surface area (Å²) in [4.78, 5) is 13.0. The molecule has 0 bridgehead atoms. The number of hydrogen-bond acceptors (Lipinski definition) is 7. The molecule has 4 aromatic rings. The molecule has 1 atom stereocenters. The van der Waals surface area contributed by atoms with Gasteiger partial charge in [0, 0.05) is 37.0 Å². The summed E-state index contributed by atoms with van der Waals surface area (Å²) in [6.45, 7) is 1.18. The maximum Gasteiger partial charge on any atom is 0.246 e. The third-order valence-electron chi connectivity index (χ3n) is 4.75. The number of aromatic nitrogens is 5. The van der Waals surface area contributed by atoms with E-state index in [-0.39, 0.29) is 6.10 Å². The molecular weight excluding hydrogens is 358 g/mol. The topological polar surface area (TPSA) is 92.0 Å². The standard InChI is InChI=1S/C20H19N5O3/c1-2-11-26-15(5-1)16-6-7-17(27-16)20-22-9-10-25(20)13-18-23-19(24-28-18)14-4-3-8-21-12-14/h3-4,6-10,12,15H,1-2,5,11,13H2/t15-/m0/s1. The van der Waals surface area contributed by atoms with Gasteiger partial charge in [0.15, 0.2) is 11.6 Å². The predicted octanol–water partition coefficient (Wildman–Crippen LogP) is 3.88. The lowest BCUT2D eigenvalue weighted by atomic mass is 10.1. The number of ether oxygens (including phenoxy) is 1. The monoisotopic (exact) mass is 377 g/mol. The summed E-state index contributed by atoms with van der Waals surface area (Å²) in [5.74, 6) is 3.25. The second kappa shape index (κ2) is 7.40. The van der Waals surface area contributed by atoms with E-state index in [4.69, 9.17) is 13.7 Å². The Labute approximate surface area is 161 Å². The molecule has 0 aromatic carbocycles. The third-order valence-corrected chi connectivity index (χ3v) is 4.75. The summed E-state index contributed by atoms with van der Waals surface area (Å²) in [5, 5.41) is 4.03. The Kier molecular flexibility index (Phi) is 4.46. The van der Waals surface area contributed by atoms with Gasteiger partial charge in [-0.05, 0) is 43.5 Å². The van der Waals surface area contributed by atoms with Crippen LogP contribution in [-0.2, 0) is 11.3 Å². The third kappa shape index (κ3) is 3.34. The molecule has 4 aromatic heterocycles. The molecule has 1 fully saturated rings. The van der Waals surface area contributed by atoms with Gasteiger partial charge in [0.25, 0.3) is 0 Å². The van der Waals surface area contributed by atoms with Crippen molar-refractivity contribution in [2.45, 2.75) is 31.9 Å². The van der Waals surface area contributed by atoms with Gasteiger partial charge in [-0.1, -0.05) is 5.16 Å². The summed E-state index contributed by atoms with van der Waals surface area (Å²) in [5.41, 5.74) is 0.812. The number of hydrogen-bond donors (Lipinski definition) is 0. The van der Waals surface area contributed by atoms with Crippen molar-refractivity contribution in [3.63, 3.8) is 0 Å². The fourth-order valence-electron chi connectivity index (χ4n) is 3.35. The van der Waals surface area contributed by atoms with Crippen LogP contribution in [0.1, 0.15) is 37.0 Å². The van der Waals surface area contributed by atoms with Crippen LogP contribution in [0.15, 0.2) is 58.0 Å². The van der Waals surface area contributed by atoms with Gasteiger partial charge in [-0.15, -0.1) is 0 Å². The lowest BCUT2D eigenvalue weighted by Crippen LogP contribution is -2.10. The van der Waals surface area contributed by atoms with E-state index in [0.717, 1.165) is 37.2 Å². The van der Waals surface area contributed by atoms with E-state index < -0.39 is 0 Å². The second-order valence-electron chi connectivity index (χ2n) is 6.69. The lowest BCUT2D eigenvalue weighted by molar-refractivity contribution is 0.00218. The molecule has 0 unspecified atom stereocenters. The van der Waals surface area contributed by atoms with Crippen LogP contribution in [0.4, 0.5) is 0 Å². The van der Waals surface area contributed by atoms with E-state index in [0.29, 0.717) is 29.8 Å². The van der Waals surface area contributed by atoms with Gasteiger partial charge in [-0.2, -0.15) is 4.98 Å². The van der Waals surface area contributed by atoms with Crippen molar-refractivity contribution in [1.82, 2.24) is 24.7 Å². The minimum absolute atomic E-state index is 0.0314. The van der Waals surface area contributed by atoms with E-state index in [2.05, 4.69) is 20.1 Å². The molecule has 0 aliphatic carbocycles.